The minimum atomic E-state index is -0.305. The van der Waals surface area contributed by atoms with E-state index in [4.69, 9.17) is 0 Å². The molecule has 6 nitrogen and oxygen atoms in total. The number of pyridine rings is 1. The van der Waals surface area contributed by atoms with E-state index in [0.717, 1.165) is 18.4 Å². The second kappa shape index (κ2) is 9.42. The van der Waals surface area contributed by atoms with Crippen molar-refractivity contribution >= 4 is 23.3 Å². The predicted molar refractivity (Wildman–Crippen MR) is 99.2 cm³/mol. The molecule has 0 aliphatic carbocycles. The second-order valence-electron chi connectivity index (χ2n) is 5.75. The van der Waals surface area contributed by atoms with E-state index in [-0.39, 0.29) is 17.9 Å². The van der Waals surface area contributed by atoms with Gasteiger partial charge in [0, 0.05) is 36.2 Å². The highest BCUT2D eigenvalue weighted by molar-refractivity contribution is 5.94. The Kier molecular flexibility index (Phi) is 6.95. The molecule has 132 valence electrons. The Morgan fingerprint density at radius 2 is 1.64 bits per heavy atom. The van der Waals surface area contributed by atoms with Crippen LogP contribution in [-0.2, 0) is 11.3 Å². The molecule has 1 aromatic carbocycles. The summed E-state index contributed by atoms with van der Waals surface area (Å²) < 4.78 is 0. The molecule has 0 saturated heterocycles. The summed E-state index contributed by atoms with van der Waals surface area (Å²) in [6.45, 7) is 4.41. The Labute approximate surface area is 148 Å². The molecule has 3 N–H and O–H groups in total. The van der Waals surface area contributed by atoms with Crippen LogP contribution in [0.5, 0.6) is 0 Å². The summed E-state index contributed by atoms with van der Waals surface area (Å²) in [6.07, 6.45) is 4.97. The first kappa shape index (κ1) is 18.4. The van der Waals surface area contributed by atoms with Crippen LogP contribution in [0.15, 0.2) is 48.8 Å². The van der Waals surface area contributed by atoms with E-state index >= 15 is 0 Å². The van der Waals surface area contributed by atoms with Crippen LogP contribution in [0.3, 0.4) is 0 Å². The molecule has 0 unspecified atom stereocenters. The van der Waals surface area contributed by atoms with Gasteiger partial charge >= 0.3 is 6.03 Å². The molecule has 0 aliphatic rings. The van der Waals surface area contributed by atoms with Crippen molar-refractivity contribution in [3.05, 3.63) is 54.4 Å². The van der Waals surface area contributed by atoms with E-state index in [2.05, 4.69) is 20.9 Å². The van der Waals surface area contributed by atoms with Gasteiger partial charge in [-0.05, 0) is 48.7 Å². The minimum Gasteiger partial charge on any atom is -0.334 e. The molecular formula is C19H24N4O2. The number of carbonyl (C=O) groups is 2. The lowest BCUT2D eigenvalue weighted by Gasteiger charge is -2.14. The van der Waals surface area contributed by atoms with Crippen molar-refractivity contribution in [1.82, 2.24) is 10.3 Å². The topological polar surface area (TPSA) is 83.1 Å². The summed E-state index contributed by atoms with van der Waals surface area (Å²) >= 11 is 0. The fourth-order valence-corrected chi connectivity index (χ4v) is 2.44. The number of nitrogens with one attached hydrogen (secondary N) is 3. The zero-order valence-corrected chi connectivity index (χ0v) is 14.6. The molecule has 1 aromatic heterocycles. The number of nitrogens with zero attached hydrogens (tertiary/aromatic N) is 1. The fourth-order valence-electron chi connectivity index (χ4n) is 2.44. The first-order valence-corrected chi connectivity index (χ1v) is 8.47. The molecule has 0 atom stereocenters. The summed E-state index contributed by atoms with van der Waals surface area (Å²) in [6, 6.07) is 10.5. The highest BCUT2D eigenvalue weighted by Crippen LogP contribution is 2.17. The van der Waals surface area contributed by atoms with Crippen molar-refractivity contribution in [1.29, 1.82) is 0 Å². The number of anilines is 2. The number of rotatable bonds is 7. The molecule has 25 heavy (non-hydrogen) atoms. The Bertz CT molecular complexity index is 700. The number of hydrogen-bond acceptors (Lipinski definition) is 3. The highest BCUT2D eigenvalue weighted by Gasteiger charge is 2.14. The summed E-state index contributed by atoms with van der Waals surface area (Å²) in [4.78, 5) is 28.1. The molecule has 2 aromatic rings. The zero-order chi connectivity index (χ0) is 18.1. The van der Waals surface area contributed by atoms with Gasteiger partial charge in [0.2, 0.25) is 5.91 Å². The molecule has 0 saturated carbocycles. The third-order valence-corrected chi connectivity index (χ3v) is 3.95. The number of hydrogen-bond donors (Lipinski definition) is 3. The molecule has 0 spiro atoms. The molecule has 0 fully saturated rings. The van der Waals surface area contributed by atoms with Crippen LogP contribution in [-0.4, -0.2) is 16.9 Å². The quantitative estimate of drug-likeness (QED) is 0.717. The average Bonchev–Trinajstić information content (AvgIpc) is 2.62. The van der Waals surface area contributed by atoms with Crippen molar-refractivity contribution in [2.24, 2.45) is 5.92 Å². The van der Waals surface area contributed by atoms with Gasteiger partial charge in [0.1, 0.15) is 0 Å². The van der Waals surface area contributed by atoms with Crippen LogP contribution in [0.2, 0.25) is 0 Å². The lowest BCUT2D eigenvalue weighted by atomic mass is 10.0. The van der Waals surface area contributed by atoms with Crippen LogP contribution < -0.4 is 16.0 Å². The van der Waals surface area contributed by atoms with Gasteiger partial charge in [0.15, 0.2) is 0 Å². The van der Waals surface area contributed by atoms with E-state index in [0.29, 0.717) is 17.9 Å². The van der Waals surface area contributed by atoms with E-state index in [1.165, 1.54) is 0 Å². The third-order valence-electron chi connectivity index (χ3n) is 3.95. The molecule has 1 heterocycles. The molecule has 6 heteroatoms. The van der Waals surface area contributed by atoms with E-state index in [1.807, 2.05) is 26.0 Å². The average molecular weight is 340 g/mol. The first-order valence-electron chi connectivity index (χ1n) is 8.47. The summed E-state index contributed by atoms with van der Waals surface area (Å²) in [5, 5.41) is 8.44. The molecule has 3 amide bonds. The van der Waals surface area contributed by atoms with Gasteiger partial charge in [-0.2, -0.15) is 0 Å². The minimum absolute atomic E-state index is 0.000256. The summed E-state index contributed by atoms with van der Waals surface area (Å²) in [5.41, 5.74) is 2.26. The number of amides is 3. The fraction of sp³-hybridized carbons (Fsp3) is 0.316. The third kappa shape index (κ3) is 5.91. The number of benzene rings is 1. The maximum Gasteiger partial charge on any atom is 0.319 e. The molecule has 0 radical (unpaired) electrons. The SMILES string of the molecule is CCC(CC)C(=O)Nc1cccc(NC(=O)NCc2ccncc2)c1. The van der Waals surface area contributed by atoms with Crippen LogP contribution in [0.25, 0.3) is 0 Å². The summed E-state index contributed by atoms with van der Waals surface area (Å²) in [7, 11) is 0. The van der Waals surface area contributed by atoms with Gasteiger partial charge in [0.25, 0.3) is 0 Å². The van der Waals surface area contributed by atoms with Crippen LogP contribution in [0.1, 0.15) is 32.3 Å². The Hall–Kier alpha value is -2.89. The van der Waals surface area contributed by atoms with Crippen molar-refractivity contribution < 1.29 is 9.59 Å². The molecule has 0 bridgehead atoms. The van der Waals surface area contributed by atoms with E-state index in [9.17, 15) is 9.59 Å². The monoisotopic (exact) mass is 340 g/mol. The lowest BCUT2D eigenvalue weighted by Crippen LogP contribution is -2.28. The van der Waals surface area contributed by atoms with Crippen molar-refractivity contribution in [3.63, 3.8) is 0 Å². The molecule has 0 aliphatic heterocycles. The van der Waals surface area contributed by atoms with Gasteiger partial charge in [-0.3, -0.25) is 9.78 Å². The van der Waals surface area contributed by atoms with Crippen molar-refractivity contribution in [2.45, 2.75) is 33.2 Å². The van der Waals surface area contributed by atoms with Crippen LogP contribution >= 0.6 is 0 Å². The normalized spacial score (nSPS) is 10.4. The standard InChI is InChI=1S/C19H24N4O2/c1-3-15(4-2)18(24)22-16-6-5-7-17(12-16)23-19(25)21-13-14-8-10-20-11-9-14/h5-12,15H,3-4,13H2,1-2H3,(H,22,24)(H2,21,23,25). The van der Waals surface area contributed by atoms with Gasteiger partial charge in [0.05, 0.1) is 0 Å². The lowest BCUT2D eigenvalue weighted by molar-refractivity contribution is -0.120. The van der Waals surface area contributed by atoms with Crippen molar-refractivity contribution in [3.8, 4) is 0 Å². The van der Waals surface area contributed by atoms with Gasteiger partial charge in [-0.15, -0.1) is 0 Å². The van der Waals surface area contributed by atoms with Gasteiger partial charge in [-0.1, -0.05) is 19.9 Å². The molecule has 2 rings (SSSR count). The highest BCUT2D eigenvalue weighted by atomic mass is 16.2. The Morgan fingerprint density at radius 1 is 1.00 bits per heavy atom. The number of carbonyl (C=O) groups excluding carboxylic acids is 2. The maximum absolute atomic E-state index is 12.2. The largest absolute Gasteiger partial charge is 0.334 e. The van der Waals surface area contributed by atoms with Crippen LogP contribution in [0.4, 0.5) is 16.2 Å². The predicted octanol–water partition coefficient (Wildman–Crippen LogP) is 3.78. The van der Waals surface area contributed by atoms with Crippen LogP contribution in [0, 0.1) is 5.92 Å². The smallest absolute Gasteiger partial charge is 0.319 e. The van der Waals surface area contributed by atoms with Gasteiger partial charge < -0.3 is 16.0 Å². The number of urea groups is 1. The zero-order valence-electron chi connectivity index (χ0n) is 14.6. The van der Waals surface area contributed by atoms with E-state index in [1.54, 1.807) is 36.7 Å². The Morgan fingerprint density at radius 3 is 2.28 bits per heavy atom. The molecular weight excluding hydrogens is 316 g/mol. The number of aromatic nitrogens is 1. The second-order valence-corrected chi connectivity index (χ2v) is 5.75. The Balaban J connectivity index is 1.90. The maximum atomic E-state index is 12.2. The van der Waals surface area contributed by atoms with Gasteiger partial charge in [-0.25, -0.2) is 4.79 Å². The van der Waals surface area contributed by atoms with Crippen molar-refractivity contribution in [2.75, 3.05) is 10.6 Å². The van der Waals surface area contributed by atoms with E-state index < -0.39 is 0 Å². The summed E-state index contributed by atoms with van der Waals surface area (Å²) in [5.74, 6) is 0.00423. The first-order chi connectivity index (χ1) is 12.1.